The summed E-state index contributed by atoms with van der Waals surface area (Å²) >= 11 is 1.39. The molecule has 1 aliphatic rings. The molecule has 1 saturated heterocycles. The topological polar surface area (TPSA) is 93.5 Å². The number of likely N-dealkylation sites (tertiary alicyclic amines) is 1. The van der Waals surface area contributed by atoms with Crippen LogP contribution in [0.2, 0.25) is 0 Å². The van der Waals surface area contributed by atoms with Crippen molar-refractivity contribution in [1.82, 2.24) is 14.7 Å². The van der Waals surface area contributed by atoms with E-state index in [2.05, 4.69) is 10.4 Å². The van der Waals surface area contributed by atoms with Crippen LogP contribution in [0.1, 0.15) is 40.8 Å². The lowest BCUT2D eigenvalue weighted by Crippen LogP contribution is -2.43. The van der Waals surface area contributed by atoms with E-state index in [-0.39, 0.29) is 5.91 Å². The van der Waals surface area contributed by atoms with Gasteiger partial charge in [0.2, 0.25) is 0 Å². The first kappa shape index (κ1) is 21.0. The Bertz CT molecular complexity index is 906. The summed E-state index contributed by atoms with van der Waals surface area (Å²) in [5.41, 5.74) is 2.15. The molecule has 0 saturated carbocycles. The summed E-state index contributed by atoms with van der Waals surface area (Å²) in [5, 5.41) is 8.91. The van der Waals surface area contributed by atoms with Crippen molar-refractivity contribution in [1.29, 1.82) is 0 Å². The van der Waals surface area contributed by atoms with Gasteiger partial charge in [0.25, 0.3) is 11.8 Å². The second-order valence-electron chi connectivity index (χ2n) is 7.31. The van der Waals surface area contributed by atoms with E-state index in [4.69, 9.17) is 4.74 Å². The van der Waals surface area contributed by atoms with Gasteiger partial charge in [-0.25, -0.2) is 0 Å². The van der Waals surface area contributed by atoms with Gasteiger partial charge in [-0.2, -0.15) is 5.10 Å². The summed E-state index contributed by atoms with van der Waals surface area (Å²) < 4.78 is 7.10. The van der Waals surface area contributed by atoms with Crippen LogP contribution in [0.5, 0.6) is 0 Å². The molecule has 3 rings (SSSR count). The molecule has 0 bridgehead atoms. The zero-order chi connectivity index (χ0) is 21.1. The second-order valence-corrected chi connectivity index (χ2v) is 8.25. The molecule has 2 unspecified atom stereocenters. The van der Waals surface area contributed by atoms with Gasteiger partial charge in [0.15, 0.2) is 6.10 Å². The minimum atomic E-state index is -0.940. The minimum absolute atomic E-state index is 0.0641. The maximum Gasteiger partial charge on any atom is 0.311 e. The number of carbonyl (C=O) groups excluding carboxylic acids is 3. The van der Waals surface area contributed by atoms with Crippen LogP contribution in [0.15, 0.2) is 17.5 Å². The van der Waals surface area contributed by atoms with Crippen molar-refractivity contribution < 1.29 is 19.1 Å². The molecule has 29 heavy (non-hydrogen) atoms. The summed E-state index contributed by atoms with van der Waals surface area (Å²) in [6.45, 7) is 6.14. The molecule has 1 aliphatic heterocycles. The van der Waals surface area contributed by atoms with Crippen LogP contribution in [0.25, 0.3) is 0 Å². The number of thiophene rings is 1. The Balaban J connectivity index is 1.57. The Labute approximate surface area is 173 Å². The predicted octanol–water partition coefficient (Wildman–Crippen LogP) is 2.52. The van der Waals surface area contributed by atoms with Crippen molar-refractivity contribution in [2.75, 3.05) is 18.4 Å². The van der Waals surface area contributed by atoms with Crippen molar-refractivity contribution in [2.45, 2.75) is 39.7 Å². The van der Waals surface area contributed by atoms with E-state index in [1.807, 2.05) is 18.4 Å². The van der Waals surface area contributed by atoms with Crippen LogP contribution in [0.3, 0.4) is 0 Å². The van der Waals surface area contributed by atoms with Gasteiger partial charge >= 0.3 is 5.97 Å². The van der Waals surface area contributed by atoms with E-state index in [1.165, 1.54) is 11.3 Å². The highest BCUT2D eigenvalue weighted by Gasteiger charge is 2.32. The van der Waals surface area contributed by atoms with Crippen LogP contribution in [0.4, 0.5) is 5.69 Å². The largest absolute Gasteiger partial charge is 0.452 e. The van der Waals surface area contributed by atoms with Crippen LogP contribution in [0, 0.1) is 19.8 Å². The monoisotopic (exact) mass is 418 g/mol. The van der Waals surface area contributed by atoms with Crippen LogP contribution < -0.4 is 5.32 Å². The zero-order valence-corrected chi connectivity index (χ0v) is 17.9. The second kappa shape index (κ2) is 8.77. The summed E-state index contributed by atoms with van der Waals surface area (Å²) in [5.74, 6) is -1.34. The third-order valence-corrected chi connectivity index (χ3v) is 6.05. The van der Waals surface area contributed by atoms with Crippen molar-refractivity contribution in [3.8, 4) is 0 Å². The highest BCUT2D eigenvalue weighted by atomic mass is 32.1. The smallest absolute Gasteiger partial charge is 0.311 e. The number of hydrogen-bond donors (Lipinski definition) is 1. The molecular weight excluding hydrogens is 392 g/mol. The summed E-state index contributed by atoms with van der Waals surface area (Å²) in [7, 11) is 1.80. The van der Waals surface area contributed by atoms with Crippen molar-refractivity contribution >= 4 is 34.8 Å². The van der Waals surface area contributed by atoms with Crippen LogP contribution >= 0.6 is 11.3 Å². The maximum absolute atomic E-state index is 12.6. The minimum Gasteiger partial charge on any atom is -0.452 e. The maximum atomic E-state index is 12.6. The Hall–Kier alpha value is -2.68. The first-order chi connectivity index (χ1) is 13.8. The number of nitrogens with one attached hydrogen (secondary N) is 1. The number of anilines is 1. The number of ether oxygens (including phenoxy) is 1. The highest BCUT2D eigenvalue weighted by Crippen LogP contribution is 2.23. The van der Waals surface area contributed by atoms with Gasteiger partial charge < -0.3 is 15.0 Å². The molecule has 0 aromatic carbocycles. The Morgan fingerprint density at radius 2 is 2.10 bits per heavy atom. The third-order valence-electron chi connectivity index (χ3n) is 5.19. The normalized spacial score (nSPS) is 17.7. The fraction of sp³-hybridized carbons (Fsp3) is 0.500. The number of aromatic nitrogens is 2. The Kier molecular flexibility index (Phi) is 6.36. The summed E-state index contributed by atoms with van der Waals surface area (Å²) in [4.78, 5) is 40.0. The number of aryl methyl sites for hydroxylation is 2. The van der Waals surface area contributed by atoms with Gasteiger partial charge in [0.05, 0.1) is 27.9 Å². The summed E-state index contributed by atoms with van der Waals surface area (Å²) in [6, 6.07) is 3.61. The molecule has 1 fully saturated rings. The van der Waals surface area contributed by atoms with Crippen LogP contribution in [-0.4, -0.2) is 51.7 Å². The molecule has 0 aliphatic carbocycles. The number of rotatable bonds is 5. The van der Waals surface area contributed by atoms with E-state index < -0.39 is 23.9 Å². The molecule has 0 radical (unpaired) electrons. The lowest BCUT2D eigenvalue weighted by atomic mass is 9.98. The fourth-order valence-corrected chi connectivity index (χ4v) is 4.10. The average molecular weight is 419 g/mol. The van der Waals surface area contributed by atoms with Gasteiger partial charge in [-0.05, 0) is 45.1 Å². The highest BCUT2D eigenvalue weighted by molar-refractivity contribution is 7.12. The Morgan fingerprint density at radius 3 is 2.72 bits per heavy atom. The van der Waals surface area contributed by atoms with Gasteiger partial charge in [-0.1, -0.05) is 6.07 Å². The Morgan fingerprint density at radius 1 is 1.34 bits per heavy atom. The number of piperidine rings is 1. The van der Waals surface area contributed by atoms with Gasteiger partial charge in [0, 0.05) is 20.1 Å². The molecule has 156 valence electrons. The molecule has 2 amide bonds. The van der Waals surface area contributed by atoms with E-state index in [9.17, 15) is 14.4 Å². The number of hydrogen-bond acceptors (Lipinski definition) is 6. The van der Waals surface area contributed by atoms with E-state index in [0.29, 0.717) is 35.8 Å². The molecular formula is C20H26N4O4S. The van der Waals surface area contributed by atoms with E-state index >= 15 is 0 Å². The van der Waals surface area contributed by atoms with Crippen molar-refractivity contribution in [2.24, 2.45) is 13.0 Å². The third kappa shape index (κ3) is 4.67. The lowest BCUT2D eigenvalue weighted by molar-refractivity contribution is -0.158. The molecule has 1 N–H and O–H groups in total. The molecule has 0 spiro atoms. The molecule has 2 aromatic rings. The van der Waals surface area contributed by atoms with Crippen LogP contribution in [-0.2, 0) is 21.4 Å². The van der Waals surface area contributed by atoms with Gasteiger partial charge in [-0.15, -0.1) is 11.3 Å². The number of nitrogens with zero attached hydrogens (tertiary/aromatic N) is 3. The number of amides is 2. The standard InChI is InChI=1S/C20H26N4O4S/c1-12-17(13(2)23(4)22-12)21-18(25)14(3)28-20(27)15-7-5-9-24(11-15)19(26)16-8-6-10-29-16/h6,8,10,14-15H,5,7,9,11H2,1-4H3,(H,21,25). The number of carbonyl (C=O) groups is 3. The zero-order valence-electron chi connectivity index (χ0n) is 17.1. The SMILES string of the molecule is Cc1nn(C)c(C)c1NC(=O)C(C)OC(=O)C1CCCN(C(=O)c2cccs2)C1. The summed E-state index contributed by atoms with van der Waals surface area (Å²) in [6.07, 6.45) is 0.429. The lowest BCUT2D eigenvalue weighted by Gasteiger charge is -2.31. The quantitative estimate of drug-likeness (QED) is 0.753. The average Bonchev–Trinajstić information content (AvgIpc) is 3.32. The molecule has 3 heterocycles. The fourth-order valence-electron chi connectivity index (χ4n) is 3.41. The van der Waals surface area contributed by atoms with Crippen molar-refractivity contribution in [3.63, 3.8) is 0 Å². The van der Waals surface area contributed by atoms with Gasteiger partial charge in [-0.3, -0.25) is 19.1 Å². The van der Waals surface area contributed by atoms with E-state index in [0.717, 1.165) is 12.1 Å². The molecule has 2 aromatic heterocycles. The first-order valence-corrected chi connectivity index (χ1v) is 10.5. The van der Waals surface area contributed by atoms with E-state index in [1.54, 1.807) is 36.5 Å². The van der Waals surface area contributed by atoms with Crippen molar-refractivity contribution in [3.05, 3.63) is 33.8 Å². The molecule has 2 atom stereocenters. The number of esters is 1. The molecule has 9 heteroatoms. The first-order valence-electron chi connectivity index (χ1n) is 9.62. The van der Waals surface area contributed by atoms with Gasteiger partial charge in [0.1, 0.15) is 0 Å². The molecule has 8 nitrogen and oxygen atoms in total. The predicted molar refractivity (Wildman–Crippen MR) is 110 cm³/mol.